The Bertz CT molecular complexity index is 592. The molecule has 0 bridgehead atoms. The molecule has 3 rings (SSSR count). The lowest BCUT2D eigenvalue weighted by Crippen LogP contribution is -2.43. The third kappa shape index (κ3) is 3.08. The Labute approximate surface area is 126 Å². The second-order valence-corrected chi connectivity index (χ2v) is 6.28. The van der Waals surface area contributed by atoms with Gasteiger partial charge in [-0.25, -0.2) is 0 Å². The number of nitrogens with one attached hydrogen (secondary N) is 2. The van der Waals surface area contributed by atoms with Crippen molar-refractivity contribution in [2.24, 2.45) is 0 Å². The van der Waals surface area contributed by atoms with Crippen LogP contribution >= 0.6 is 15.9 Å². The van der Waals surface area contributed by atoms with Crippen molar-refractivity contribution in [1.29, 1.82) is 0 Å². The van der Waals surface area contributed by atoms with Crippen molar-refractivity contribution in [3.63, 3.8) is 0 Å². The molecule has 6 heteroatoms. The van der Waals surface area contributed by atoms with Crippen LogP contribution in [0.5, 0.6) is 0 Å². The van der Waals surface area contributed by atoms with E-state index in [4.69, 9.17) is 4.52 Å². The van der Waals surface area contributed by atoms with E-state index in [1.54, 1.807) is 0 Å². The Balaban J connectivity index is 1.68. The van der Waals surface area contributed by atoms with Crippen LogP contribution in [-0.2, 0) is 6.54 Å². The monoisotopic (exact) mass is 336 g/mol. The molecule has 1 aromatic carbocycles. The van der Waals surface area contributed by atoms with Crippen LogP contribution in [0.3, 0.4) is 0 Å². The predicted octanol–water partition coefficient (Wildman–Crippen LogP) is 2.34. The van der Waals surface area contributed by atoms with E-state index >= 15 is 0 Å². The van der Waals surface area contributed by atoms with Gasteiger partial charge in [-0.3, -0.25) is 0 Å². The summed E-state index contributed by atoms with van der Waals surface area (Å²) in [5.74, 6) is 1.24. The second-order valence-electron chi connectivity index (χ2n) is 5.36. The molecule has 0 aliphatic carbocycles. The molecule has 1 aliphatic heterocycles. The molecule has 1 unspecified atom stereocenters. The van der Waals surface area contributed by atoms with Crippen LogP contribution < -0.4 is 10.6 Å². The van der Waals surface area contributed by atoms with E-state index < -0.39 is 0 Å². The van der Waals surface area contributed by atoms with Crippen LogP contribution in [0.15, 0.2) is 33.3 Å². The Morgan fingerprint density at radius 1 is 1.50 bits per heavy atom. The van der Waals surface area contributed by atoms with Gasteiger partial charge in [-0.15, -0.1) is 0 Å². The summed E-state index contributed by atoms with van der Waals surface area (Å²) in [6.07, 6.45) is 1.11. The zero-order valence-corrected chi connectivity index (χ0v) is 12.9. The maximum Gasteiger partial charge on any atom is 0.240 e. The van der Waals surface area contributed by atoms with Crippen molar-refractivity contribution in [3.8, 4) is 11.4 Å². The van der Waals surface area contributed by atoms with Gasteiger partial charge < -0.3 is 15.2 Å². The van der Waals surface area contributed by atoms with E-state index in [1.807, 2.05) is 24.3 Å². The van der Waals surface area contributed by atoms with Crippen molar-refractivity contribution >= 4 is 15.9 Å². The summed E-state index contributed by atoms with van der Waals surface area (Å²) in [6.45, 7) is 4.83. The number of hydrogen-bond donors (Lipinski definition) is 2. The first kappa shape index (κ1) is 13.7. The van der Waals surface area contributed by atoms with Gasteiger partial charge in [-0.1, -0.05) is 33.2 Å². The topological polar surface area (TPSA) is 63.0 Å². The second kappa shape index (κ2) is 5.63. The largest absolute Gasteiger partial charge is 0.338 e. The first-order valence-electron chi connectivity index (χ1n) is 6.69. The number of benzene rings is 1. The molecule has 2 N–H and O–H groups in total. The fourth-order valence-electron chi connectivity index (χ4n) is 2.33. The molecule has 1 atom stereocenters. The van der Waals surface area contributed by atoms with Gasteiger partial charge in [-0.05, 0) is 32.0 Å². The van der Waals surface area contributed by atoms with E-state index in [0.29, 0.717) is 18.3 Å². The van der Waals surface area contributed by atoms with Crippen molar-refractivity contribution in [1.82, 2.24) is 20.8 Å². The van der Waals surface area contributed by atoms with Gasteiger partial charge in [-0.2, -0.15) is 4.98 Å². The smallest absolute Gasteiger partial charge is 0.240 e. The molecule has 0 amide bonds. The Kier molecular flexibility index (Phi) is 3.87. The molecule has 1 aromatic heterocycles. The maximum atomic E-state index is 5.30. The summed E-state index contributed by atoms with van der Waals surface area (Å²) >= 11 is 3.44. The summed E-state index contributed by atoms with van der Waals surface area (Å²) in [7, 11) is 0. The van der Waals surface area contributed by atoms with Crippen molar-refractivity contribution in [2.75, 3.05) is 13.1 Å². The van der Waals surface area contributed by atoms with Gasteiger partial charge in [0.25, 0.3) is 0 Å². The highest BCUT2D eigenvalue weighted by Gasteiger charge is 2.28. The quantitative estimate of drug-likeness (QED) is 0.897. The first-order valence-corrected chi connectivity index (χ1v) is 7.48. The lowest BCUT2D eigenvalue weighted by atomic mass is 10.0. The Hall–Kier alpha value is -1.24. The number of rotatable bonds is 4. The van der Waals surface area contributed by atoms with Gasteiger partial charge in [0.1, 0.15) is 0 Å². The number of nitrogens with zero attached hydrogens (tertiary/aromatic N) is 2. The van der Waals surface area contributed by atoms with Crippen LogP contribution in [0.25, 0.3) is 11.4 Å². The van der Waals surface area contributed by atoms with Crippen molar-refractivity contribution < 1.29 is 4.52 Å². The van der Waals surface area contributed by atoms with E-state index in [9.17, 15) is 0 Å². The maximum absolute atomic E-state index is 5.30. The minimum Gasteiger partial charge on any atom is -0.338 e. The fraction of sp³-hybridized carbons (Fsp3) is 0.429. The van der Waals surface area contributed by atoms with E-state index in [1.165, 1.54) is 0 Å². The van der Waals surface area contributed by atoms with Crippen LogP contribution in [-0.4, -0.2) is 28.8 Å². The minimum atomic E-state index is 0.115. The number of aromatic nitrogens is 2. The molecular formula is C14H17BrN4O. The van der Waals surface area contributed by atoms with Gasteiger partial charge in [0.15, 0.2) is 0 Å². The van der Waals surface area contributed by atoms with Gasteiger partial charge in [0, 0.05) is 22.1 Å². The standard InChI is InChI=1S/C14H17BrN4O/c1-14(5-6-16-9-14)17-8-12-18-13(19-20-12)10-3-2-4-11(15)7-10/h2-4,7,16-17H,5-6,8-9H2,1H3. The SMILES string of the molecule is CC1(NCc2nc(-c3cccc(Br)c3)no2)CCNC1. The zero-order chi connectivity index (χ0) is 14.0. The van der Waals surface area contributed by atoms with E-state index in [0.717, 1.165) is 29.5 Å². The zero-order valence-electron chi connectivity index (χ0n) is 11.3. The lowest BCUT2D eigenvalue weighted by Gasteiger charge is -2.23. The average Bonchev–Trinajstić information content (AvgIpc) is 3.06. The summed E-state index contributed by atoms with van der Waals surface area (Å²) in [5, 5.41) is 10.9. The summed E-state index contributed by atoms with van der Waals surface area (Å²) in [6, 6.07) is 7.87. The molecule has 20 heavy (non-hydrogen) atoms. The first-order chi connectivity index (χ1) is 9.65. The van der Waals surface area contributed by atoms with Gasteiger partial charge in [0.05, 0.1) is 6.54 Å². The van der Waals surface area contributed by atoms with E-state index in [-0.39, 0.29) is 5.54 Å². The molecule has 1 saturated heterocycles. The summed E-state index contributed by atoms with van der Waals surface area (Å²) in [5.41, 5.74) is 1.06. The normalized spacial score (nSPS) is 22.3. The highest BCUT2D eigenvalue weighted by Crippen LogP contribution is 2.20. The predicted molar refractivity (Wildman–Crippen MR) is 80.2 cm³/mol. The molecule has 2 heterocycles. The molecule has 0 saturated carbocycles. The summed E-state index contributed by atoms with van der Waals surface area (Å²) < 4.78 is 6.31. The lowest BCUT2D eigenvalue weighted by molar-refractivity contribution is 0.323. The highest BCUT2D eigenvalue weighted by atomic mass is 79.9. The molecule has 5 nitrogen and oxygen atoms in total. The molecule has 1 fully saturated rings. The third-order valence-corrected chi connectivity index (χ3v) is 4.08. The molecule has 0 spiro atoms. The third-order valence-electron chi connectivity index (χ3n) is 3.59. The van der Waals surface area contributed by atoms with E-state index in [2.05, 4.69) is 43.6 Å². The average molecular weight is 337 g/mol. The van der Waals surface area contributed by atoms with Crippen molar-refractivity contribution in [3.05, 3.63) is 34.6 Å². The van der Waals surface area contributed by atoms with Crippen molar-refractivity contribution in [2.45, 2.75) is 25.4 Å². The molecule has 1 aliphatic rings. The van der Waals surface area contributed by atoms with Crippen LogP contribution in [0.4, 0.5) is 0 Å². The Morgan fingerprint density at radius 2 is 2.40 bits per heavy atom. The summed E-state index contributed by atoms with van der Waals surface area (Å²) in [4.78, 5) is 4.43. The number of halogens is 1. The van der Waals surface area contributed by atoms with Gasteiger partial charge >= 0.3 is 0 Å². The molecule has 106 valence electrons. The van der Waals surface area contributed by atoms with Gasteiger partial charge in [0.2, 0.25) is 11.7 Å². The van der Waals surface area contributed by atoms with Crippen LogP contribution in [0.2, 0.25) is 0 Å². The Morgan fingerprint density at radius 3 is 3.15 bits per heavy atom. The molecule has 0 radical (unpaired) electrons. The highest BCUT2D eigenvalue weighted by molar-refractivity contribution is 9.10. The molecular weight excluding hydrogens is 320 g/mol. The number of hydrogen-bond acceptors (Lipinski definition) is 5. The minimum absolute atomic E-state index is 0.115. The van der Waals surface area contributed by atoms with Crippen LogP contribution in [0.1, 0.15) is 19.2 Å². The van der Waals surface area contributed by atoms with Crippen LogP contribution in [0, 0.1) is 0 Å². The molecule has 2 aromatic rings. The fourth-order valence-corrected chi connectivity index (χ4v) is 2.73.